The minimum atomic E-state index is -4.03. The number of ketones is 1. The lowest BCUT2D eigenvalue weighted by molar-refractivity contribution is -0.764. The third-order valence-electron chi connectivity index (χ3n) is 5.59. The molecule has 4 rings (SSSR count). The second-order valence-electron chi connectivity index (χ2n) is 7.93. The van der Waals surface area contributed by atoms with E-state index >= 15 is 0 Å². The van der Waals surface area contributed by atoms with Gasteiger partial charge in [-0.15, -0.1) is 0 Å². The van der Waals surface area contributed by atoms with Gasteiger partial charge in [0.25, 0.3) is 0 Å². The normalized spacial score (nSPS) is 16.8. The molecule has 1 aliphatic heterocycles. The van der Waals surface area contributed by atoms with Crippen molar-refractivity contribution in [1.82, 2.24) is 9.58 Å². The maximum atomic E-state index is 13.4. The molecule has 0 aliphatic carbocycles. The van der Waals surface area contributed by atoms with E-state index in [2.05, 4.69) is 5.27 Å². The quantitative estimate of drug-likeness (QED) is 0.308. The highest BCUT2D eigenvalue weighted by molar-refractivity contribution is 7.89. The molecular formula is C22H22Cl3N5O5S. The van der Waals surface area contributed by atoms with Gasteiger partial charge in [-0.2, -0.15) is 4.31 Å². The number of aromatic nitrogens is 2. The third kappa shape index (κ3) is 5.70. The summed E-state index contributed by atoms with van der Waals surface area (Å²) in [5.74, 6) is 0.445. The molecule has 10 nitrogen and oxygen atoms in total. The van der Waals surface area contributed by atoms with Crippen molar-refractivity contribution < 1.29 is 27.3 Å². The van der Waals surface area contributed by atoms with Crippen molar-refractivity contribution in [3.63, 3.8) is 0 Å². The van der Waals surface area contributed by atoms with Crippen molar-refractivity contribution in [2.45, 2.75) is 23.8 Å². The number of benzene rings is 2. The molecule has 1 unspecified atom stereocenters. The Bertz CT molecular complexity index is 1400. The number of carbonyl (C=O) groups is 1. The minimum Gasteiger partial charge on any atom is -0.494 e. The summed E-state index contributed by atoms with van der Waals surface area (Å²) >= 11 is 18.2. The summed E-state index contributed by atoms with van der Waals surface area (Å²) in [4.78, 5) is 14.3. The average Bonchev–Trinajstić information content (AvgIpc) is 3.19. The van der Waals surface area contributed by atoms with E-state index in [1.165, 1.54) is 27.5 Å². The summed E-state index contributed by atoms with van der Waals surface area (Å²) in [5.41, 5.74) is -0.373. The number of halogens is 3. The van der Waals surface area contributed by atoms with Crippen molar-refractivity contribution in [3.8, 4) is 5.75 Å². The van der Waals surface area contributed by atoms with Crippen LogP contribution in [0, 0.1) is 5.41 Å². The zero-order valence-electron chi connectivity index (χ0n) is 18.8. The van der Waals surface area contributed by atoms with E-state index in [4.69, 9.17) is 49.5 Å². The number of ether oxygens (including phenoxy) is 1. The lowest BCUT2D eigenvalue weighted by Gasteiger charge is -2.40. The van der Waals surface area contributed by atoms with E-state index in [1.807, 2.05) is 30.3 Å². The SMILES string of the molecule is N=c1o[n-][n+](N2CCN(S(=O)(=O)c3ccc(Cl)cc3Cl)CC2C(=O)CCCOc2ccccc2)c1Cl. The molecule has 3 aromatic rings. The Hall–Kier alpha value is -2.57. The largest absolute Gasteiger partial charge is 0.494 e. The zero-order valence-corrected chi connectivity index (χ0v) is 21.9. The second-order valence-corrected chi connectivity index (χ2v) is 11.0. The Labute approximate surface area is 222 Å². The average molecular weight is 575 g/mol. The first-order valence-corrected chi connectivity index (χ1v) is 13.5. The van der Waals surface area contributed by atoms with Gasteiger partial charge in [0.1, 0.15) is 16.4 Å². The van der Waals surface area contributed by atoms with Gasteiger partial charge in [-0.25, -0.2) is 8.42 Å². The van der Waals surface area contributed by atoms with Crippen molar-refractivity contribution >= 4 is 50.6 Å². The van der Waals surface area contributed by atoms with Gasteiger partial charge in [0.15, 0.2) is 0 Å². The Morgan fingerprint density at radius 3 is 2.58 bits per heavy atom. The van der Waals surface area contributed by atoms with E-state index in [9.17, 15) is 13.2 Å². The number of nitrogens with one attached hydrogen (secondary N) is 1. The van der Waals surface area contributed by atoms with Crippen molar-refractivity contribution in [2.24, 2.45) is 0 Å². The monoisotopic (exact) mass is 573 g/mol. The molecule has 1 aromatic heterocycles. The van der Waals surface area contributed by atoms with Crippen LogP contribution in [0.2, 0.25) is 15.2 Å². The number of carbonyl (C=O) groups excluding carboxylic acids is 1. The van der Waals surface area contributed by atoms with Gasteiger partial charge < -0.3 is 9.26 Å². The van der Waals surface area contributed by atoms with Gasteiger partial charge in [-0.05, 0) is 53.6 Å². The van der Waals surface area contributed by atoms with E-state index in [1.54, 1.807) is 0 Å². The van der Waals surface area contributed by atoms with Gasteiger partial charge in [-0.3, -0.25) is 15.2 Å². The van der Waals surface area contributed by atoms with Crippen molar-refractivity contribution in [3.05, 3.63) is 69.3 Å². The summed E-state index contributed by atoms with van der Waals surface area (Å²) in [7, 11) is -4.03. The Morgan fingerprint density at radius 2 is 1.92 bits per heavy atom. The summed E-state index contributed by atoms with van der Waals surface area (Å²) < 4.78 is 38.4. The zero-order chi connectivity index (χ0) is 25.9. The van der Waals surface area contributed by atoms with Crippen LogP contribution in [0.25, 0.3) is 0 Å². The van der Waals surface area contributed by atoms with Crippen LogP contribution in [0.3, 0.4) is 0 Å². The summed E-state index contributed by atoms with van der Waals surface area (Å²) in [6.07, 6.45) is 0.530. The fourth-order valence-electron chi connectivity index (χ4n) is 3.81. The van der Waals surface area contributed by atoms with Gasteiger partial charge in [0, 0.05) is 31.1 Å². The predicted molar refractivity (Wildman–Crippen MR) is 131 cm³/mol. The Balaban J connectivity index is 1.53. The first-order chi connectivity index (χ1) is 17.2. The first-order valence-electron chi connectivity index (χ1n) is 10.9. The number of hydrogen-bond acceptors (Lipinski definition) is 7. The molecule has 0 radical (unpaired) electrons. The van der Waals surface area contributed by atoms with Crippen LogP contribution in [0.1, 0.15) is 12.8 Å². The molecule has 1 atom stereocenters. The third-order valence-corrected chi connectivity index (χ3v) is 8.50. The second kappa shape index (κ2) is 11.2. The predicted octanol–water partition coefficient (Wildman–Crippen LogP) is 2.40. The molecular weight excluding hydrogens is 553 g/mol. The smallest absolute Gasteiger partial charge is 0.360 e. The highest BCUT2D eigenvalue weighted by Gasteiger charge is 2.39. The lowest BCUT2D eigenvalue weighted by atomic mass is 10.1. The molecule has 36 heavy (non-hydrogen) atoms. The molecule has 1 N–H and O–H groups in total. The number of hydrogen-bond donors (Lipinski definition) is 1. The molecule has 1 saturated heterocycles. The van der Waals surface area contributed by atoms with Gasteiger partial charge in [-0.1, -0.05) is 46.2 Å². The maximum Gasteiger partial charge on any atom is 0.360 e. The van der Waals surface area contributed by atoms with E-state index in [0.29, 0.717) is 23.8 Å². The van der Waals surface area contributed by atoms with Crippen molar-refractivity contribution in [2.75, 3.05) is 31.3 Å². The fraction of sp³-hybridized carbons (Fsp3) is 0.318. The highest BCUT2D eigenvalue weighted by Crippen LogP contribution is 2.28. The van der Waals surface area contributed by atoms with Crippen LogP contribution in [-0.4, -0.2) is 50.8 Å². The van der Waals surface area contributed by atoms with Crippen LogP contribution in [-0.2, 0) is 14.8 Å². The molecule has 0 amide bonds. The van der Waals surface area contributed by atoms with Gasteiger partial charge in [0.05, 0.1) is 17.7 Å². The Kier molecular flexibility index (Phi) is 8.26. The van der Waals surface area contributed by atoms with E-state index in [0.717, 1.165) is 4.79 Å². The van der Waals surface area contributed by atoms with Gasteiger partial charge >= 0.3 is 10.7 Å². The lowest BCUT2D eigenvalue weighted by Crippen LogP contribution is -2.73. The molecule has 192 valence electrons. The molecule has 1 aliphatic rings. The molecule has 2 heterocycles. The number of para-hydroxylation sites is 1. The molecule has 0 bridgehead atoms. The highest BCUT2D eigenvalue weighted by atomic mass is 35.5. The summed E-state index contributed by atoms with van der Waals surface area (Å²) in [5, 5.41) is 13.1. The standard InChI is InChI=1S/C22H22Cl3N5O5S/c23-15-8-9-20(17(24)13-15)36(32,33)28-10-11-29(30-21(25)22(26)35-27-30)18(14-28)19(31)7-4-12-34-16-5-2-1-3-6-16/h1-3,5-6,8-9,13,18,26H,4,7,10-12,14H2. The fourth-order valence-corrected chi connectivity index (χ4v) is 6.15. The Morgan fingerprint density at radius 1 is 1.17 bits per heavy atom. The molecule has 14 heteroatoms. The minimum absolute atomic E-state index is 0.0152. The molecule has 0 saturated carbocycles. The molecule has 0 spiro atoms. The summed E-state index contributed by atoms with van der Waals surface area (Å²) in [6.45, 7) is 0.214. The van der Waals surface area contributed by atoms with Gasteiger partial charge in [0.2, 0.25) is 10.0 Å². The number of nitrogens with zero attached hydrogens (tertiary/aromatic N) is 4. The maximum absolute atomic E-state index is 13.4. The topological polar surface area (TPSA) is 122 Å². The van der Waals surface area contributed by atoms with Crippen LogP contribution >= 0.6 is 34.8 Å². The first kappa shape index (κ1) is 26.5. The molecule has 2 aromatic carbocycles. The van der Waals surface area contributed by atoms with Crippen LogP contribution in [0.5, 0.6) is 5.75 Å². The summed E-state index contributed by atoms with van der Waals surface area (Å²) in [6, 6.07) is 12.4. The molecule has 1 fully saturated rings. The number of rotatable bonds is 9. The van der Waals surface area contributed by atoms with Crippen LogP contribution < -0.4 is 25.4 Å². The van der Waals surface area contributed by atoms with Crippen LogP contribution in [0.15, 0.2) is 57.9 Å². The van der Waals surface area contributed by atoms with E-state index in [-0.39, 0.29) is 52.5 Å². The van der Waals surface area contributed by atoms with Crippen molar-refractivity contribution in [1.29, 1.82) is 5.41 Å². The number of sulfonamides is 1. The van der Waals surface area contributed by atoms with E-state index < -0.39 is 16.1 Å². The number of piperazine rings is 1. The van der Waals surface area contributed by atoms with Crippen LogP contribution in [0.4, 0.5) is 0 Å². The number of Topliss-reactive ketones (excluding diaryl/α,β-unsaturated/α-hetero) is 1.